The molecule has 0 aromatic rings. The molecule has 5 atom stereocenters. The number of ether oxygens (including phenoxy) is 4. The molecule has 2 spiro atoms. The highest BCUT2D eigenvalue weighted by Gasteiger charge is 2.67. The van der Waals surface area contributed by atoms with Gasteiger partial charge < -0.3 is 18.9 Å². The van der Waals surface area contributed by atoms with Crippen LogP contribution in [0.4, 0.5) is 0 Å². The molecular weight excluding hydrogens is 340 g/mol. The number of rotatable bonds is 0. The molecule has 6 aliphatic rings. The molecule has 0 aromatic carbocycles. The van der Waals surface area contributed by atoms with Crippen LogP contribution in [-0.2, 0) is 18.9 Å². The molecule has 0 N–H and O–H groups in total. The monoisotopic (exact) mass is 374 g/mol. The molecule has 2 heterocycles. The van der Waals surface area contributed by atoms with E-state index in [0.717, 1.165) is 63.4 Å². The lowest BCUT2D eigenvalue weighted by molar-refractivity contribution is -0.243. The van der Waals surface area contributed by atoms with Gasteiger partial charge in [-0.25, -0.2) is 0 Å². The maximum absolute atomic E-state index is 6.28. The third-order valence-electron chi connectivity index (χ3n) is 9.72. The van der Waals surface area contributed by atoms with Crippen LogP contribution in [0.1, 0.15) is 65.2 Å². The molecule has 6 rings (SSSR count). The van der Waals surface area contributed by atoms with Crippen LogP contribution in [0.5, 0.6) is 0 Å². The van der Waals surface area contributed by atoms with Gasteiger partial charge in [0.25, 0.3) is 0 Å². The Labute approximate surface area is 162 Å². The second kappa shape index (κ2) is 5.59. The third-order valence-corrected chi connectivity index (χ3v) is 9.72. The average molecular weight is 375 g/mol. The molecule has 0 radical (unpaired) electrons. The standard InChI is InChI=1S/C23H34O4/c1-20-9-10-22(24-11-12-25-22)15-16(20)3-4-17-18(20)5-7-21(2)19(17)6-8-23(21)26-13-14-27-23/h3,17-19H,4-15H2,1-2H3/t17-,18+,19-,20+,21-/m1/s1. The lowest BCUT2D eigenvalue weighted by Crippen LogP contribution is -2.55. The number of fused-ring (bicyclic) bond motifs is 6. The first-order valence-electron chi connectivity index (χ1n) is 11.3. The topological polar surface area (TPSA) is 36.9 Å². The van der Waals surface area contributed by atoms with Crippen molar-refractivity contribution in [1.29, 1.82) is 0 Å². The summed E-state index contributed by atoms with van der Waals surface area (Å²) in [5, 5.41) is 0. The SMILES string of the molecule is C[C@]12CCC3(CC1=CC[C@H]1[C@H]4CCC5(OCCO5)[C@]4(C)CC[C@@H]12)OCCO3. The average Bonchev–Trinajstić information content (AvgIpc) is 3.38. The smallest absolute Gasteiger partial charge is 0.174 e. The summed E-state index contributed by atoms with van der Waals surface area (Å²) in [4.78, 5) is 0. The number of allylic oxidation sites excluding steroid dienone is 1. The van der Waals surface area contributed by atoms with E-state index in [1.807, 2.05) is 0 Å². The van der Waals surface area contributed by atoms with Gasteiger partial charge in [0, 0.05) is 24.7 Å². The van der Waals surface area contributed by atoms with Gasteiger partial charge in [-0.05, 0) is 55.3 Å². The highest BCUT2D eigenvalue weighted by atomic mass is 16.7. The van der Waals surface area contributed by atoms with Gasteiger partial charge in [-0.15, -0.1) is 0 Å². The van der Waals surface area contributed by atoms with Gasteiger partial charge in [0.2, 0.25) is 0 Å². The summed E-state index contributed by atoms with van der Waals surface area (Å²) < 4.78 is 24.7. The fourth-order valence-electron chi connectivity index (χ4n) is 8.23. The number of hydrogen-bond acceptors (Lipinski definition) is 4. The third kappa shape index (κ3) is 2.14. The quantitative estimate of drug-likeness (QED) is 0.588. The van der Waals surface area contributed by atoms with E-state index in [2.05, 4.69) is 19.9 Å². The van der Waals surface area contributed by atoms with Crippen molar-refractivity contribution < 1.29 is 18.9 Å². The minimum absolute atomic E-state index is 0.194. The van der Waals surface area contributed by atoms with Crippen molar-refractivity contribution in [2.75, 3.05) is 26.4 Å². The lowest BCUT2D eigenvalue weighted by atomic mass is 9.47. The Morgan fingerprint density at radius 1 is 0.815 bits per heavy atom. The Balaban J connectivity index is 1.32. The van der Waals surface area contributed by atoms with Crippen LogP contribution in [0.3, 0.4) is 0 Å². The van der Waals surface area contributed by atoms with Crippen LogP contribution in [-0.4, -0.2) is 38.0 Å². The molecule has 27 heavy (non-hydrogen) atoms. The van der Waals surface area contributed by atoms with Crippen LogP contribution in [0, 0.1) is 28.6 Å². The molecule has 0 aromatic heterocycles. The van der Waals surface area contributed by atoms with Gasteiger partial charge in [0.15, 0.2) is 11.6 Å². The summed E-state index contributed by atoms with van der Waals surface area (Å²) in [5.41, 5.74) is 2.15. The molecule has 4 aliphatic carbocycles. The highest BCUT2D eigenvalue weighted by Crippen LogP contribution is 2.69. The van der Waals surface area contributed by atoms with Crippen molar-refractivity contribution in [3.05, 3.63) is 11.6 Å². The Morgan fingerprint density at radius 3 is 2.30 bits per heavy atom. The maximum atomic E-state index is 6.28. The minimum Gasteiger partial charge on any atom is -0.347 e. The molecular formula is C23H34O4. The lowest BCUT2D eigenvalue weighted by Gasteiger charge is -2.59. The molecule has 2 aliphatic heterocycles. The van der Waals surface area contributed by atoms with Crippen LogP contribution in [0.25, 0.3) is 0 Å². The fourth-order valence-corrected chi connectivity index (χ4v) is 8.23. The van der Waals surface area contributed by atoms with E-state index in [-0.39, 0.29) is 17.0 Å². The molecule has 4 nitrogen and oxygen atoms in total. The van der Waals surface area contributed by atoms with E-state index in [9.17, 15) is 0 Å². The summed E-state index contributed by atoms with van der Waals surface area (Å²) in [6.07, 6.45) is 12.0. The van der Waals surface area contributed by atoms with Crippen molar-refractivity contribution in [2.24, 2.45) is 28.6 Å². The van der Waals surface area contributed by atoms with Crippen molar-refractivity contribution in [1.82, 2.24) is 0 Å². The van der Waals surface area contributed by atoms with Crippen molar-refractivity contribution in [3.63, 3.8) is 0 Å². The van der Waals surface area contributed by atoms with Gasteiger partial charge in [-0.1, -0.05) is 25.5 Å². The van der Waals surface area contributed by atoms with Crippen LogP contribution in [0.2, 0.25) is 0 Å². The molecule has 0 unspecified atom stereocenters. The maximum Gasteiger partial charge on any atom is 0.174 e. The summed E-state index contributed by atoms with van der Waals surface area (Å²) in [7, 11) is 0. The predicted molar refractivity (Wildman–Crippen MR) is 101 cm³/mol. The molecule has 2 saturated heterocycles. The molecule has 5 fully saturated rings. The normalized spacial score (nSPS) is 49.7. The van der Waals surface area contributed by atoms with E-state index in [1.54, 1.807) is 5.57 Å². The number of hydrogen-bond donors (Lipinski definition) is 0. The Kier molecular flexibility index (Phi) is 3.61. The fraction of sp³-hybridized carbons (Fsp3) is 0.913. The van der Waals surface area contributed by atoms with Gasteiger partial charge >= 0.3 is 0 Å². The minimum atomic E-state index is -0.301. The second-order valence-electron chi connectivity index (χ2n) is 10.5. The van der Waals surface area contributed by atoms with Gasteiger partial charge in [0.1, 0.15) is 0 Å². The van der Waals surface area contributed by atoms with Gasteiger partial charge in [-0.2, -0.15) is 0 Å². The zero-order valence-corrected chi connectivity index (χ0v) is 16.9. The van der Waals surface area contributed by atoms with Gasteiger partial charge in [-0.3, -0.25) is 0 Å². The van der Waals surface area contributed by atoms with Crippen molar-refractivity contribution >= 4 is 0 Å². The molecule has 150 valence electrons. The molecule has 4 heteroatoms. The van der Waals surface area contributed by atoms with E-state index in [1.165, 1.54) is 32.1 Å². The van der Waals surface area contributed by atoms with E-state index in [0.29, 0.717) is 5.41 Å². The highest BCUT2D eigenvalue weighted by molar-refractivity contribution is 5.27. The van der Waals surface area contributed by atoms with E-state index >= 15 is 0 Å². The van der Waals surface area contributed by atoms with Crippen LogP contribution >= 0.6 is 0 Å². The predicted octanol–water partition coefficient (Wildman–Crippen LogP) is 4.44. The summed E-state index contributed by atoms with van der Waals surface area (Å²) in [6, 6.07) is 0. The Hall–Kier alpha value is -0.420. The summed E-state index contributed by atoms with van der Waals surface area (Å²) in [6.45, 7) is 8.11. The van der Waals surface area contributed by atoms with Crippen LogP contribution < -0.4 is 0 Å². The first kappa shape index (κ1) is 17.4. The Bertz CT molecular complexity index is 659. The van der Waals surface area contributed by atoms with E-state index < -0.39 is 0 Å². The van der Waals surface area contributed by atoms with Gasteiger partial charge in [0.05, 0.1) is 26.4 Å². The van der Waals surface area contributed by atoms with Crippen molar-refractivity contribution in [2.45, 2.75) is 76.8 Å². The molecule has 3 saturated carbocycles. The first-order valence-corrected chi connectivity index (χ1v) is 11.3. The molecule has 0 amide bonds. The second-order valence-corrected chi connectivity index (χ2v) is 10.5. The zero-order chi connectivity index (χ0) is 18.3. The largest absolute Gasteiger partial charge is 0.347 e. The van der Waals surface area contributed by atoms with E-state index in [4.69, 9.17) is 18.9 Å². The first-order chi connectivity index (χ1) is 13.0. The van der Waals surface area contributed by atoms with Crippen LogP contribution in [0.15, 0.2) is 11.6 Å². The molecule has 0 bridgehead atoms. The Morgan fingerprint density at radius 2 is 1.52 bits per heavy atom. The summed E-state index contributed by atoms with van der Waals surface area (Å²) in [5.74, 6) is 1.73. The summed E-state index contributed by atoms with van der Waals surface area (Å²) >= 11 is 0. The zero-order valence-electron chi connectivity index (χ0n) is 16.9. The van der Waals surface area contributed by atoms with Crippen molar-refractivity contribution in [3.8, 4) is 0 Å².